The zero-order valence-corrected chi connectivity index (χ0v) is 11.1. The van der Waals surface area contributed by atoms with E-state index in [0.717, 1.165) is 5.69 Å². The van der Waals surface area contributed by atoms with E-state index in [-0.39, 0.29) is 5.75 Å². The van der Waals surface area contributed by atoms with Gasteiger partial charge in [-0.15, -0.1) is 0 Å². The average molecular weight is 277 g/mol. The zero-order valence-electron chi connectivity index (χ0n) is 10.3. The number of hydrogen-bond donors (Lipinski definition) is 2. The fourth-order valence-electron chi connectivity index (χ4n) is 1.46. The second-order valence-electron chi connectivity index (χ2n) is 3.80. The Morgan fingerprint density at radius 1 is 1.21 bits per heavy atom. The molecule has 5 heteroatoms. The predicted octanol–water partition coefficient (Wildman–Crippen LogP) is 3.50. The summed E-state index contributed by atoms with van der Waals surface area (Å²) in [5, 5.41) is 14.4. The number of aromatic hydroxyl groups is 1. The van der Waals surface area contributed by atoms with E-state index in [1.54, 1.807) is 37.4 Å². The van der Waals surface area contributed by atoms with Gasteiger partial charge < -0.3 is 9.84 Å². The molecule has 0 aromatic heterocycles. The molecule has 0 aliphatic rings. The molecule has 98 valence electrons. The highest BCUT2D eigenvalue weighted by Gasteiger charge is 2.00. The van der Waals surface area contributed by atoms with Crippen molar-refractivity contribution >= 4 is 23.5 Å². The van der Waals surface area contributed by atoms with Crippen molar-refractivity contribution in [3.63, 3.8) is 0 Å². The molecule has 0 radical (unpaired) electrons. The van der Waals surface area contributed by atoms with Crippen LogP contribution in [0.25, 0.3) is 0 Å². The van der Waals surface area contributed by atoms with E-state index in [1.165, 1.54) is 6.21 Å². The van der Waals surface area contributed by atoms with Gasteiger partial charge in [0.2, 0.25) is 0 Å². The summed E-state index contributed by atoms with van der Waals surface area (Å²) in [5.41, 5.74) is 4.22. The third-order valence-electron chi connectivity index (χ3n) is 2.48. The topological polar surface area (TPSA) is 53.9 Å². The third kappa shape index (κ3) is 3.63. The van der Waals surface area contributed by atoms with Crippen molar-refractivity contribution < 1.29 is 9.84 Å². The summed E-state index contributed by atoms with van der Waals surface area (Å²) in [6.07, 6.45) is 1.52. The van der Waals surface area contributed by atoms with E-state index >= 15 is 0 Å². The normalized spacial score (nSPS) is 10.6. The highest BCUT2D eigenvalue weighted by atomic mass is 35.5. The van der Waals surface area contributed by atoms with Crippen molar-refractivity contribution in [3.05, 3.63) is 53.1 Å². The molecule has 0 bridgehead atoms. The second-order valence-corrected chi connectivity index (χ2v) is 4.24. The van der Waals surface area contributed by atoms with Gasteiger partial charge in [-0.3, -0.25) is 5.43 Å². The van der Waals surface area contributed by atoms with Crippen molar-refractivity contribution in [3.8, 4) is 11.5 Å². The lowest BCUT2D eigenvalue weighted by Crippen LogP contribution is -1.92. The Balaban J connectivity index is 2.08. The number of phenols is 1. The standard InChI is InChI=1S/C14H13ClN2O2/c1-19-13-6-7-14(18)10(8-13)9-16-17-12-4-2-11(15)3-5-12/h2-9,17-18H,1H3/b16-9+. The molecule has 0 unspecified atom stereocenters. The van der Waals surface area contributed by atoms with Gasteiger partial charge in [-0.2, -0.15) is 5.10 Å². The van der Waals surface area contributed by atoms with Crippen LogP contribution < -0.4 is 10.2 Å². The van der Waals surface area contributed by atoms with Crippen LogP contribution in [0, 0.1) is 0 Å². The summed E-state index contributed by atoms with van der Waals surface area (Å²) in [7, 11) is 1.57. The molecule has 0 saturated heterocycles. The Morgan fingerprint density at radius 2 is 1.95 bits per heavy atom. The second kappa shape index (κ2) is 6.11. The SMILES string of the molecule is COc1ccc(O)c(/C=N/Nc2ccc(Cl)cc2)c1. The molecule has 0 aliphatic carbocycles. The molecule has 0 saturated carbocycles. The van der Waals surface area contributed by atoms with Crippen molar-refractivity contribution in [2.75, 3.05) is 12.5 Å². The number of hydrazone groups is 1. The molecular weight excluding hydrogens is 264 g/mol. The van der Waals surface area contributed by atoms with Crippen LogP contribution in [0.2, 0.25) is 5.02 Å². The van der Waals surface area contributed by atoms with Crippen LogP contribution in [0.5, 0.6) is 11.5 Å². The first-order valence-corrected chi connectivity index (χ1v) is 5.98. The van der Waals surface area contributed by atoms with Gasteiger partial charge in [-0.1, -0.05) is 11.6 Å². The first kappa shape index (κ1) is 13.2. The van der Waals surface area contributed by atoms with Crippen molar-refractivity contribution in [1.82, 2.24) is 0 Å². The zero-order chi connectivity index (χ0) is 13.7. The molecule has 4 nitrogen and oxygen atoms in total. The summed E-state index contributed by atoms with van der Waals surface area (Å²) in [6, 6.07) is 12.1. The number of nitrogens with one attached hydrogen (secondary N) is 1. The average Bonchev–Trinajstić information content (AvgIpc) is 2.43. The summed E-state index contributed by atoms with van der Waals surface area (Å²) in [5.74, 6) is 0.799. The van der Waals surface area contributed by atoms with Gasteiger partial charge in [0, 0.05) is 10.6 Å². The fourth-order valence-corrected chi connectivity index (χ4v) is 1.59. The molecule has 0 amide bonds. The van der Waals surface area contributed by atoms with Gasteiger partial charge in [0.05, 0.1) is 19.0 Å². The van der Waals surface area contributed by atoms with Crippen molar-refractivity contribution in [2.24, 2.45) is 5.10 Å². The molecule has 2 aromatic rings. The van der Waals surface area contributed by atoms with Crippen LogP contribution in [-0.2, 0) is 0 Å². The van der Waals surface area contributed by atoms with Crippen molar-refractivity contribution in [2.45, 2.75) is 0 Å². The molecule has 2 N–H and O–H groups in total. The Morgan fingerprint density at radius 3 is 2.63 bits per heavy atom. The highest BCUT2D eigenvalue weighted by Crippen LogP contribution is 2.21. The van der Waals surface area contributed by atoms with Crippen LogP contribution in [0.3, 0.4) is 0 Å². The van der Waals surface area contributed by atoms with Gasteiger partial charge in [0.25, 0.3) is 0 Å². The van der Waals surface area contributed by atoms with Crippen LogP contribution in [0.1, 0.15) is 5.56 Å². The number of nitrogens with zero attached hydrogens (tertiary/aromatic N) is 1. The van der Waals surface area contributed by atoms with E-state index < -0.39 is 0 Å². The number of rotatable bonds is 4. The molecule has 0 atom stereocenters. The Kier molecular flexibility index (Phi) is 4.26. The van der Waals surface area contributed by atoms with Crippen LogP contribution in [0.4, 0.5) is 5.69 Å². The minimum atomic E-state index is 0.141. The van der Waals surface area contributed by atoms with E-state index in [0.29, 0.717) is 16.3 Å². The first-order chi connectivity index (χ1) is 9.19. The number of anilines is 1. The van der Waals surface area contributed by atoms with Gasteiger partial charge in [-0.25, -0.2) is 0 Å². The van der Waals surface area contributed by atoms with E-state index in [4.69, 9.17) is 16.3 Å². The minimum Gasteiger partial charge on any atom is -0.507 e. The van der Waals surface area contributed by atoms with Crippen molar-refractivity contribution in [1.29, 1.82) is 0 Å². The van der Waals surface area contributed by atoms with Crippen LogP contribution >= 0.6 is 11.6 Å². The maximum Gasteiger partial charge on any atom is 0.124 e. The Bertz CT molecular complexity index is 582. The van der Waals surface area contributed by atoms with Gasteiger partial charge in [-0.05, 0) is 42.5 Å². The molecule has 0 heterocycles. The van der Waals surface area contributed by atoms with Gasteiger partial charge >= 0.3 is 0 Å². The maximum absolute atomic E-state index is 9.67. The summed E-state index contributed by atoms with van der Waals surface area (Å²) < 4.78 is 5.08. The minimum absolute atomic E-state index is 0.141. The largest absolute Gasteiger partial charge is 0.507 e. The number of methoxy groups -OCH3 is 1. The number of hydrogen-bond acceptors (Lipinski definition) is 4. The molecule has 0 aliphatic heterocycles. The number of halogens is 1. The van der Waals surface area contributed by atoms with E-state index in [9.17, 15) is 5.11 Å². The van der Waals surface area contributed by atoms with Gasteiger partial charge in [0.1, 0.15) is 11.5 Å². The third-order valence-corrected chi connectivity index (χ3v) is 2.73. The van der Waals surface area contributed by atoms with Crippen LogP contribution in [-0.4, -0.2) is 18.4 Å². The summed E-state index contributed by atoms with van der Waals surface area (Å²) in [6.45, 7) is 0. The molecular formula is C14H13ClN2O2. The summed E-state index contributed by atoms with van der Waals surface area (Å²) >= 11 is 5.78. The molecule has 2 aromatic carbocycles. The van der Waals surface area contributed by atoms with E-state index in [1.807, 2.05) is 12.1 Å². The van der Waals surface area contributed by atoms with Gasteiger partial charge in [0.15, 0.2) is 0 Å². The number of phenolic OH excluding ortho intramolecular Hbond substituents is 1. The fraction of sp³-hybridized carbons (Fsp3) is 0.0714. The molecule has 0 fully saturated rings. The molecule has 0 spiro atoms. The molecule has 2 rings (SSSR count). The lowest BCUT2D eigenvalue weighted by atomic mass is 10.2. The molecule has 19 heavy (non-hydrogen) atoms. The lowest BCUT2D eigenvalue weighted by Gasteiger charge is -2.03. The summed E-state index contributed by atoms with van der Waals surface area (Å²) in [4.78, 5) is 0. The van der Waals surface area contributed by atoms with E-state index in [2.05, 4.69) is 10.5 Å². The maximum atomic E-state index is 9.67. The predicted molar refractivity (Wildman–Crippen MR) is 77.3 cm³/mol. The number of ether oxygens (including phenoxy) is 1. The Hall–Kier alpha value is -2.20. The smallest absolute Gasteiger partial charge is 0.124 e. The Labute approximate surface area is 116 Å². The quantitative estimate of drug-likeness (QED) is 0.664. The van der Waals surface area contributed by atoms with Crippen LogP contribution in [0.15, 0.2) is 47.6 Å². The number of benzene rings is 2. The lowest BCUT2D eigenvalue weighted by molar-refractivity contribution is 0.412. The first-order valence-electron chi connectivity index (χ1n) is 5.60. The highest BCUT2D eigenvalue weighted by molar-refractivity contribution is 6.30. The monoisotopic (exact) mass is 276 g/mol.